The van der Waals surface area contributed by atoms with E-state index in [4.69, 9.17) is 16.7 Å². The number of rotatable bonds is 3. The Kier molecular flexibility index (Phi) is 2.74. The summed E-state index contributed by atoms with van der Waals surface area (Å²) in [5, 5.41) is 8.99. The molecule has 1 heterocycles. The number of sulfonamides is 1. The zero-order chi connectivity index (χ0) is 8.48. The Hall–Kier alpha value is 0.160. The number of halogens is 1. The first-order valence-corrected chi connectivity index (χ1v) is 5.42. The van der Waals surface area contributed by atoms with Gasteiger partial charge in [0.15, 0.2) is 0 Å². The molecule has 4 nitrogen and oxygen atoms in total. The van der Waals surface area contributed by atoms with Crippen LogP contribution in [0.5, 0.6) is 0 Å². The fourth-order valence-corrected chi connectivity index (χ4v) is 2.09. The molecule has 1 unspecified atom stereocenters. The Morgan fingerprint density at radius 2 is 2.27 bits per heavy atom. The third-order valence-electron chi connectivity index (χ3n) is 1.58. The van der Waals surface area contributed by atoms with Gasteiger partial charge in [0.05, 0.1) is 11.9 Å². The van der Waals surface area contributed by atoms with Crippen molar-refractivity contribution < 1.29 is 13.5 Å². The lowest BCUT2D eigenvalue weighted by atomic mass is 10.4. The number of hydrogen-bond donors (Lipinski definition) is 1. The van der Waals surface area contributed by atoms with Crippen molar-refractivity contribution in [2.75, 3.05) is 24.7 Å². The van der Waals surface area contributed by atoms with Gasteiger partial charge in [-0.15, -0.1) is 11.6 Å². The zero-order valence-electron chi connectivity index (χ0n) is 5.90. The lowest BCUT2D eigenvalue weighted by molar-refractivity contribution is 0.162. The van der Waals surface area contributed by atoms with Crippen molar-refractivity contribution in [3.05, 3.63) is 0 Å². The van der Waals surface area contributed by atoms with Crippen LogP contribution in [-0.2, 0) is 10.0 Å². The minimum Gasteiger partial charge on any atom is -0.391 e. The van der Waals surface area contributed by atoms with Crippen LogP contribution in [0.3, 0.4) is 0 Å². The fraction of sp³-hybridized carbons (Fsp3) is 1.00. The zero-order valence-corrected chi connectivity index (χ0v) is 7.48. The van der Waals surface area contributed by atoms with E-state index in [2.05, 4.69) is 0 Å². The lowest BCUT2D eigenvalue weighted by Crippen LogP contribution is -2.50. The highest BCUT2D eigenvalue weighted by Gasteiger charge is 2.33. The molecule has 1 atom stereocenters. The number of β-amino-alcohol motifs (C(OH)–C–C–N with tert-alkyl or cyclic N) is 1. The molecule has 0 radical (unpaired) electrons. The van der Waals surface area contributed by atoms with Gasteiger partial charge in [-0.3, -0.25) is 0 Å². The van der Waals surface area contributed by atoms with Crippen LogP contribution in [0.2, 0.25) is 0 Å². The quantitative estimate of drug-likeness (QED) is 0.608. The summed E-state index contributed by atoms with van der Waals surface area (Å²) >= 11 is 5.30. The number of aliphatic hydroxyl groups is 1. The molecule has 66 valence electrons. The Morgan fingerprint density at radius 3 is 2.55 bits per heavy atom. The number of aliphatic hydroxyl groups excluding tert-OH is 1. The second kappa shape index (κ2) is 3.26. The number of hydrogen-bond acceptors (Lipinski definition) is 3. The first kappa shape index (κ1) is 9.25. The smallest absolute Gasteiger partial charge is 0.215 e. The summed E-state index contributed by atoms with van der Waals surface area (Å²) in [7, 11) is -3.01. The van der Waals surface area contributed by atoms with Crippen LogP contribution in [-0.4, -0.2) is 48.7 Å². The molecule has 1 aliphatic heterocycles. The van der Waals surface area contributed by atoms with Crippen molar-refractivity contribution in [3.8, 4) is 0 Å². The minimum atomic E-state index is -3.01. The first-order chi connectivity index (χ1) is 5.06. The van der Waals surface area contributed by atoms with Crippen molar-refractivity contribution in [1.29, 1.82) is 0 Å². The average Bonchev–Trinajstić information content (AvgIpc) is 1.98. The van der Waals surface area contributed by atoms with Gasteiger partial charge in [0, 0.05) is 19.0 Å². The van der Waals surface area contributed by atoms with E-state index >= 15 is 0 Å². The summed E-state index contributed by atoms with van der Waals surface area (Å²) in [4.78, 5) is 0. The summed E-state index contributed by atoms with van der Waals surface area (Å²) in [5.41, 5.74) is 0. The van der Waals surface area contributed by atoms with Gasteiger partial charge in [-0.2, -0.15) is 4.31 Å². The van der Waals surface area contributed by atoms with E-state index in [1.54, 1.807) is 0 Å². The Bertz CT molecular complexity index is 228. The van der Waals surface area contributed by atoms with Crippen molar-refractivity contribution >= 4 is 21.6 Å². The predicted molar refractivity (Wildman–Crippen MR) is 42.1 cm³/mol. The Morgan fingerprint density at radius 1 is 1.64 bits per heavy atom. The normalized spacial score (nSPS) is 26.0. The number of alkyl halides is 1. The van der Waals surface area contributed by atoms with E-state index in [0.29, 0.717) is 6.54 Å². The third kappa shape index (κ3) is 2.05. The van der Waals surface area contributed by atoms with Crippen molar-refractivity contribution in [1.82, 2.24) is 4.31 Å². The molecule has 1 rings (SSSR count). The summed E-state index contributed by atoms with van der Waals surface area (Å²) in [6, 6.07) is 0. The largest absolute Gasteiger partial charge is 0.391 e. The predicted octanol–water partition coefficient (Wildman–Crippen LogP) is -0.768. The molecule has 0 bridgehead atoms. The van der Waals surface area contributed by atoms with Crippen LogP contribution in [0.1, 0.15) is 0 Å². The average molecular weight is 200 g/mol. The van der Waals surface area contributed by atoms with Gasteiger partial charge in [0.1, 0.15) is 0 Å². The molecular weight excluding hydrogens is 190 g/mol. The van der Waals surface area contributed by atoms with Gasteiger partial charge in [0.2, 0.25) is 10.0 Å². The van der Waals surface area contributed by atoms with Gasteiger partial charge < -0.3 is 5.11 Å². The highest BCUT2D eigenvalue weighted by Crippen LogP contribution is 2.13. The van der Waals surface area contributed by atoms with Crippen LogP contribution in [0.25, 0.3) is 0 Å². The molecule has 1 aliphatic rings. The maximum absolute atomic E-state index is 10.8. The second-order valence-electron chi connectivity index (χ2n) is 2.48. The van der Waals surface area contributed by atoms with Gasteiger partial charge >= 0.3 is 0 Å². The van der Waals surface area contributed by atoms with Crippen LogP contribution in [0.4, 0.5) is 0 Å². The summed E-state index contributed by atoms with van der Waals surface area (Å²) in [6.07, 6.45) is -0.744. The number of nitrogens with zero attached hydrogens (tertiary/aromatic N) is 1. The van der Waals surface area contributed by atoms with Crippen LogP contribution >= 0.6 is 11.6 Å². The monoisotopic (exact) mass is 199 g/mol. The Labute approximate surface area is 70.8 Å². The van der Waals surface area contributed by atoms with Crippen molar-refractivity contribution in [3.63, 3.8) is 0 Å². The molecule has 6 heteroatoms. The van der Waals surface area contributed by atoms with Gasteiger partial charge in [-0.25, -0.2) is 8.42 Å². The topological polar surface area (TPSA) is 57.6 Å². The van der Waals surface area contributed by atoms with Gasteiger partial charge in [-0.05, 0) is 0 Å². The summed E-state index contributed by atoms with van der Waals surface area (Å²) in [6.45, 7) is 0.641. The van der Waals surface area contributed by atoms with E-state index in [9.17, 15) is 8.42 Å². The van der Waals surface area contributed by atoms with E-state index in [1.807, 2.05) is 0 Å². The van der Waals surface area contributed by atoms with E-state index in [-0.39, 0.29) is 18.2 Å². The van der Waals surface area contributed by atoms with Crippen molar-refractivity contribution in [2.45, 2.75) is 6.10 Å². The van der Waals surface area contributed by atoms with Gasteiger partial charge in [0.25, 0.3) is 0 Å². The summed E-state index contributed by atoms with van der Waals surface area (Å²) in [5.74, 6) is 0.272. The maximum atomic E-state index is 10.8. The lowest BCUT2D eigenvalue weighted by Gasteiger charge is -2.31. The summed E-state index contributed by atoms with van der Waals surface area (Å²) < 4.78 is 22.9. The van der Waals surface area contributed by atoms with Crippen molar-refractivity contribution in [2.24, 2.45) is 0 Å². The maximum Gasteiger partial charge on any atom is 0.215 e. The van der Waals surface area contributed by atoms with Gasteiger partial charge in [-0.1, -0.05) is 0 Å². The molecule has 11 heavy (non-hydrogen) atoms. The molecule has 1 fully saturated rings. The molecule has 0 aromatic rings. The molecule has 0 amide bonds. The SMILES string of the molecule is O=S1(=O)CCN1CC(O)CCl. The molecule has 0 aromatic heterocycles. The Balaban J connectivity index is 2.40. The second-order valence-corrected chi connectivity index (χ2v) is 4.88. The molecule has 0 saturated carbocycles. The fourth-order valence-electron chi connectivity index (χ4n) is 0.858. The van der Waals surface area contributed by atoms with E-state index in [1.165, 1.54) is 4.31 Å². The minimum absolute atomic E-state index is 0.0754. The highest BCUT2D eigenvalue weighted by atomic mass is 35.5. The standard InChI is InChI=1S/C5H10ClNO3S/c6-3-5(8)4-7-1-2-11(7,9)10/h5,8H,1-4H2. The first-order valence-electron chi connectivity index (χ1n) is 3.28. The van der Waals surface area contributed by atoms with E-state index < -0.39 is 16.1 Å². The van der Waals surface area contributed by atoms with E-state index in [0.717, 1.165) is 0 Å². The molecule has 0 aliphatic carbocycles. The molecular formula is C5H10ClNO3S. The molecule has 1 N–H and O–H groups in total. The van der Waals surface area contributed by atoms with Crippen LogP contribution in [0.15, 0.2) is 0 Å². The molecule has 0 aromatic carbocycles. The highest BCUT2D eigenvalue weighted by molar-refractivity contribution is 7.90. The van der Waals surface area contributed by atoms with Crippen LogP contribution < -0.4 is 0 Å². The molecule has 1 saturated heterocycles. The molecule has 0 spiro atoms. The van der Waals surface area contributed by atoms with Crippen LogP contribution in [0, 0.1) is 0 Å². The third-order valence-corrected chi connectivity index (χ3v) is 3.76.